The third kappa shape index (κ3) is 13.2. The Bertz CT molecular complexity index is 3830. The number of phenols is 1. The van der Waals surface area contributed by atoms with E-state index in [1.165, 1.54) is 38.5 Å². The molecule has 18 nitrogen and oxygen atoms in total. The number of nitrogens with zero attached hydrogens (tertiary/aromatic N) is 5. The monoisotopic (exact) mass is 1120 g/mol. The fourth-order valence-electron chi connectivity index (χ4n) is 7.60. The van der Waals surface area contributed by atoms with Crippen LogP contribution in [0, 0.1) is 0 Å². The molecule has 23 heteroatoms. The standard InChI is InChI=1S/2C26H22ClN3O6S.Ca/c2*1-3-15-12-17(27)14-22(37(33,34)35)23(15)29-30-24-18-9-5-4-8-16(18)13-19(25(24)31)26(32)28-20-10-6-7-11-21(20)36-2;/h2*4-14,31H,3H2,1-2H3,(H,28,32)(H,33,34,35);/q;;+2/p-2. The predicted molar refractivity (Wildman–Crippen MR) is 285 cm³/mol. The number of halogens is 2. The average molecular weight is 1120 g/mol. The van der Waals surface area contributed by atoms with Crippen LogP contribution in [-0.4, -0.2) is 94.8 Å². The number of benzene rings is 8. The number of azo groups is 2. The molecule has 0 bridgehead atoms. The van der Waals surface area contributed by atoms with Crippen molar-refractivity contribution in [1.29, 1.82) is 0 Å². The summed E-state index contributed by atoms with van der Waals surface area (Å²) >= 11 is 12.0. The van der Waals surface area contributed by atoms with E-state index in [-0.39, 0.29) is 87.3 Å². The first-order valence-corrected chi connectivity index (χ1v) is 25.7. The number of hydrogen-bond acceptors (Lipinski definition) is 15. The molecule has 380 valence electrons. The van der Waals surface area contributed by atoms with Crippen molar-refractivity contribution in [2.24, 2.45) is 25.4 Å². The molecule has 0 aliphatic heterocycles. The van der Waals surface area contributed by atoms with Crippen LogP contribution in [0.25, 0.3) is 21.5 Å². The van der Waals surface area contributed by atoms with Crippen molar-refractivity contribution in [2.75, 3.05) is 19.5 Å². The molecule has 8 rings (SSSR count). The van der Waals surface area contributed by atoms with Gasteiger partial charge >= 0.3 is 37.7 Å². The molecule has 0 fully saturated rings. The Morgan fingerprint density at radius 1 is 0.613 bits per heavy atom. The minimum Gasteiger partial charge on any atom is -0.871 e. The van der Waals surface area contributed by atoms with Crippen LogP contribution in [0.15, 0.2) is 169 Å². The number of anilines is 1. The first kappa shape index (κ1) is 57.6. The Balaban J connectivity index is 0.000000241. The molecular formula is C52H42CaCl2N6O12S2. The number of hydrogen-bond donors (Lipinski definition) is 4. The van der Waals surface area contributed by atoms with E-state index in [1.807, 2.05) is 0 Å². The van der Waals surface area contributed by atoms with Gasteiger partial charge in [-0.25, -0.2) is 0 Å². The number of amides is 1. The molecule has 75 heavy (non-hydrogen) atoms. The van der Waals surface area contributed by atoms with Gasteiger partial charge in [-0.15, -0.1) is 15.3 Å². The zero-order valence-corrected chi connectivity index (χ0v) is 45.5. The Morgan fingerprint density at radius 2 is 1.05 bits per heavy atom. The molecule has 0 unspecified atom stereocenters. The number of aliphatic imine (C=N–C) groups is 1. The van der Waals surface area contributed by atoms with Crippen LogP contribution in [0.5, 0.6) is 23.0 Å². The molecule has 0 saturated heterocycles. The minimum absolute atomic E-state index is 0. The first-order valence-electron chi connectivity index (χ1n) is 22.0. The third-order valence-electron chi connectivity index (χ3n) is 11.2. The van der Waals surface area contributed by atoms with Crippen LogP contribution in [0.3, 0.4) is 0 Å². The van der Waals surface area contributed by atoms with E-state index in [0.29, 0.717) is 62.7 Å². The number of phenolic OH excluding ortho intramolecular Hbond substituents is 1. The number of ether oxygens (including phenoxy) is 2. The van der Waals surface area contributed by atoms with Gasteiger partial charge in [-0.1, -0.05) is 116 Å². The van der Waals surface area contributed by atoms with Crippen molar-refractivity contribution in [3.8, 4) is 23.0 Å². The van der Waals surface area contributed by atoms with Crippen LogP contribution < -0.4 is 25.0 Å². The summed E-state index contributed by atoms with van der Waals surface area (Å²) < 4.78 is 78.0. The maximum Gasteiger partial charge on any atom is 2.00 e. The maximum absolute atomic E-state index is 13.4. The van der Waals surface area contributed by atoms with E-state index < -0.39 is 53.3 Å². The van der Waals surface area contributed by atoms with Crippen LogP contribution >= 0.6 is 23.2 Å². The van der Waals surface area contributed by atoms with E-state index in [1.54, 1.807) is 111 Å². The van der Waals surface area contributed by atoms with Crippen LogP contribution in [-0.2, 0) is 33.1 Å². The summed E-state index contributed by atoms with van der Waals surface area (Å²) in [6, 6.07) is 35.1. The summed E-state index contributed by atoms with van der Waals surface area (Å²) in [5.74, 6) is -1.85. The molecule has 8 aromatic rings. The second kappa shape index (κ2) is 24.7. The summed E-state index contributed by atoms with van der Waals surface area (Å²) in [5.41, 5.74) is 0.596. The molecule has 0 atom stereocenters. The SMILES string of the molecule is CCc1cc(Cl)cc(S(=O)(=O)O)c1N=Nc1c(O)c(C(=O)Nc2ccccc2OC)cc2ccccc12.CCc1cc(Cl)cc(S(=O)(=O)O)c1N=Nc1c([O-])c(C([O-])=Nc2ccccc2OC)cc2ccccc12.[Ca+2]. The number of para-hydroxylation sites is 4. The van der Waals surface area contributed by atoms with Gasteiger partial charge < -0.3 is 30.1 Å². The van der Waals surface area contributed by atoms with E-state index in [9.17, 15) is 46.1 Å². The molecule has 8 aromatic carbocycles. The second-order valence-electron chi connectivity index (χ2n) is 15.8. The summed E-state index contributed by atoms with van der Waals surface area (Å²) in [4.78, 5) is 16.2. The molecule has 0 aromatic heterocycles. The summed E-state index contributed by atoms with van der Waals surface area (Å²) in [7, 11) is -6.48. The molecule has 1 amide bonds. The van der Waals surface area contributed by atoms with Crippen molar-refractivity contribution in [2.45, 2.75) is 36.5 Å². The van der Waals surface area contributed by atoms with Crippen molar-refractivity contribution in [3.05, 3.63) is 166 Å². The van der Waals surface area contributed by atoms with Gasteiger partial charge in [-0.05, 0) is 107 Å². The molecule has 4 N–H and O–H groups in total. The van der Waals surface area contributed by atoms with Gasteiger partial charge in [0.15, 0.2) is 5.75 Å². The average Bonchev–Trinajstić information content (AvgIpc) is 3.37. The molecule has 0 spiro atoms. The third-order valence-corrected chi connectivity index (χ3v) is 13.3. The van der Waals surface area contributed by atoms with E-state index >= 15 is 0 Å². The van der Waals surface area contributed by atoms with Gasteiger partial charge in [0, 0.05) is 20.8 Å². The summed E-state index contributed by atoms with van der Waals surface area (Å²) in [5, 5.41) is 58.8. The number of carbonyl (C=O) groups excluding carboxylic acids is 1. The van der Waals surface area contributed by atoms with Crippen molar-refractivity contribution >= 4 is 149 Å². The number of rotatable bonds is 14. The Kier molecular flexibility index (Phi) is 19.0. The van der Waals surface area contributed by atoms with Crippen LogP contribution in [0.1, 0.15) is 40.9 Å². The van der Waals surface area contributed by atoms with Crippen molar-refractivity contribution < 1.29 is 55.5 Å². The maximum atomic E-state index is 13.4. The summed E-state index contributed by atoms with van der Waals surface area (Å²) in [6.07, 6.45) is 0.657. The first-order chi connectivity index (χ1) is 35.3. The van der Waals surface area contributed by atoms with Gasteiger partial charge in [-0.3, -0.25) is 18.9 Å². The number of fused-ring (bicyclic) bond motifs is 2. The number of aromatic hydroxyl groups is 1. The largest absolute Gasteiger partial charge is 2.00 e. The summed E-state index contributed by atoms with van der Waals surface area (Å²) in [6.45, 7) is 3.50. The van der Waals surface area contributed by atoms with Gasteiger partial charge in [-0.2, -0.15) is 21.9 Å². The van der Waals surface area contributed by atoms with E-state index in [4.69, 9.17) is 32.7 Å². The van der Waals surface area contributed by atoms with E-state index in [0.717, 1.165) is 12.1 Å². The van der Waals surface area contributed by atoms with Gasteiger partial charge in [0.1, 0.15) is 44.0 Å². The normalized spacial score (nSPS) is 11.9. The fraction of sp³-hybridized carbons (Fsp3) is 0.115. The van der Waals surface area contributed by atoms with Crippen LogP contribution in [0.4, 0.5) is 34.1 Å². The van der Waals surface area contributed by atoms with Crippen molar-refractivity contribution in [3.63, 3.8) is 0 Å². The van der Waals surface area contributed by atoms with Crippen molar-refractivity contribution in [1.82, 2.24) is 0 Å². The van der Waals surface area contributed by atoms with Crippen LogP contribution in [0.2, 0.25) is 10.0 Å². The Morgan fingerprint density at radius 3 is 1.57 bits per heavy atom. The van der Waals surface area contributed by atoms with E-state index in [2.05, 4.69) is 30.8 Å². The molecule has 0 heterocycles. The minimum atomic E-state index is -4.71. The number of nitrogens with one attached hydrogen (secondary N) is 1. The van der Waals surface area contributed by atoms with Gasteiger partial charge in [0.25, 0.3) is 26.1 Å². The van der Waals surface area contributed by atoms with Gasteiger partial charge in [0.2, 0.25) is 0 Å². The number of carbonyl (C=O) groups is 1. The van der Waals surface area contributed by atoms with Gasteiger partial charge in [0.05, 0.1) is 31.2 Å². The number of methoxy groups -OCH3 is 2. The molecule has 0 aliphatic carbocycles. The smallest absolute Gasteiger partial charge is 0.871 e. The molecule has 0 aliphatic rings. The topological polar surface area (TPSA) is 284 Å². The fourth-order valence-corrected chi connectivity index (χ4v) is 9.60. The second-order valence-corrected chi connectivity index (χ2v) is 19.4. The zero-order chi connectivity index (χ0) is 53.5. The predicted octanol–water partition coefficient (Wildman–Crippen LogP) is 11.5. The molecule has 0 radical (unpaired) electrons. The molecule has 0 saturated carbocycles. The zero-order valence-electron chi connectivity index (χ0n) is 40.1. The Hall–Kier alpha value is -6.72. The molecular weight excluding hydrogens is 1080 g/mol. The Labute approximate surface area is 470 Å². The number of aryl methyl sites for hydroxylation is 2. The quantitative estimate of drug-likeness (QED) is 0.0260.